The number of nitrogens with zero attached hydrogens (tertiary/aromatic N) is 3. The minimum absolute atomic E-state index is 0. The number of rotatable bonds is 11. The van der Waals surface area contributed by atoms with Crippen LogP contribution in [0.2, 0.25) is 0 Å². The second kappa shape index (κ2) is 14.5. The number of imidazole rings is 1. The van der Waals surface area contributed by atoms with E-state index in [0.717, 1.165) is 41.9 Å². The molecule has 1 aromatic heterocycles. The van der Waals surface area contributed by atoms with Crippen LogP contribution in [0.5, 0.6) is 11.5 Å². The number of halogens is 1. The van der Waals surface area contributed by atoms with Crippen LogP contribution in [-0.2, 0) is 13.1 Å². The molecule has 3 aromatic rings. The van der Waals surface area contributed by atoms with Gasteiger partial charge in [0.15, 0.2) is 17.5 Å². The van der Waals surface area contributed by atoms with Gasteiger partial charge in [0, 0.05) is 25.5 Å². The van der Waals surface area contributed by atoms with Crippen molar-refractivity contribution in [2.45, 2.75) is 46.8 Å². The SMILES string of the molecule is CCNC(=NCc1nccn1Cc1ccccc1)NC(C)c1ccc(OCC)c(OCC)c1.I. The monoisotopic (exact) mass is 577 g/mol. The maximum Gasteiger partial charge on any atom is 0.192 e. The molecule has 0 saturated carbocycles. The molecule has 0 radical (unpaired) electrons. The molecule has 2 aromatic carbocycles. The van der Waals surface area contributed by atoms with E-state index in [2.05, 4.69) is 64.4 Å². The minimum atomic E-state index is 0. The van der Waals surface area contributed by atoms with Crippen molar-refractivity contribution in [2.75, 3.05) is 19.8 Å². The van der Waals surface area contributed by atoms with E-state index in [1.165, 1.54) is 5.56 Å². The number of hydrogen-bond donors (Lipinski definition) is 2. The summed E-state index contributed by atoms with van der Waals surface area (Å²) in [5.41, 5.74) is 2.33. The van der Waals surface area contributed by atoms with Crippen molar-refractivity contribution in [3.8, 4) is 11.5 Å². The van der Waals surface area contributed by atoms with Crippen LogP contribution in [0.4, 0.5) is 0 Å². The van der Waals surface area contributed by atoms with Crippen LogP contribution in [-0.4, -0.2) is 35.3 Å². The molecule has 0 saturated heterocycles. The topological polar surface area (TPSA) is 72.7 Å². The van der Waals surface area contributed by atoms with Gasteiger partial charge in [0.25, 0.3) is 0 Å². The van der Waals surface area contributed by atoms with Gasteiger partial charge in [-0.3, -0.25) is 0 Å². The van der Waals surface area contributed by atoms with Gasteiger partial charge in [0.1, 0.15) is 12.4 Å². The van der Waals surface area contributed by atoms with Gasteiger partial charge in [-0.2, -0.15) is 0 Å². The largest absolute Gasteiger partial charge is 0.490 e. The van der Waals surface area contributed by atoms with Gasteiger partial charge in [-0.1, -0.05) is 36.4 Å². The van der Waals surface area contributed by atoms with E-state index in [0.29, 0.717) is 19.8 Å². The van der Waals surface area contributed by atoms with Crippen LogP contribution in [0.1, 0.15) is 50.7 Å². The molecule has 0 spiro atoms. The number of aromatic nitrogens is 2. The van der Waals surface area contributed by atoms with Crippen molar-refractivity contribution in [1.82, 2.24) is 20.2 Å². The molecule has 7 nitrogen and oxygen atoms in total. The Hall–Kier alpha value is -2.75. The van der Waals surface area contributed by atoms with Crippen molar-refractivity contribution < 1.29 is 9.47 Å². The normalized spacial score (nSPS) is 11.9. The fourth-order valence-electron chi connectivity index (χ4n) is 3.51. The number of hydrogen-bond acceptors (Lipinski definition) is 4. The molecule has 34 heavy (non-hydrogen) atoms. The van der Waals surface area contributed by atoms with Gasteiger partial charge >= 0.3 is 0 Å². The summed E-state index contributed by atoms with van der Waals surface area (Å²) in [4.78, 5) is 9.30. The Morgan fingerprint density at radius 2 is 1.76 bits per heavy atom. The van der Waals surface area contributed by atoms with Gasteiger partial charge in [-0.05, 0) is 51.0 Å². The quantitative estimate of drug-likeness (QED) is 0.187. The Balaban J connectivity index is 0.00000408. The molecule has 1 heterocycles. The first-order valence-electron chi connectivity index (χ1n) is 11.6. The Morgan fingerprint density at radius 1 is 1.03 bits per heavy atom. The van der Waals surface area contributed by atoms with Crippen LogP contribution in [0.25, 0.3) is 0 Å². The first-order valence-corrected chi connectivity index (χ1v) is 11.6. The molecular weight excluding hydrogens is 541 g/mol. The molecular formula is C26H36IN5O2. The molecule has 0 aliphatic rings. The zero-order chi connectivity index (χ0) is 23.5. The molecule has 0 amide bonds. The van der Waals surface area contributed by atoms with Crippen molar-refractivity contribution in [3.63, 3.8) is 0 Å². The van der Waals surface area contributed by atoms with Crippen molar-refractivity contribution in [3.05, 3.63) is 77.9 Å². The Morgan fingerprint density at radius 3 is 2.47 bits per heavy atom. The second-order valence-corrected chi connectivity index (χ2v) is 7.59. The average Bonchev–Trinajstić information content (AvgIpc) is 3.26. The molecule has 0 aliphatic carbocycles. The zero-order valence-electron chi connectivity index (χ0n) is 20.5. The molecule has 0 aliphatic heterocycles. The van der Waals surface area contributed by atoms with E-state index < -0.39 is 0 Å². The summed E-state index contributed by atoms with van der Waals surface area (Å²) in [6.45, 7) is 11.3. The molecule has 2 N–H and O–H groups in total. The van der Waals surface area contributed by atoms with Gasteiger partial charge in [-0.25, -0.2) is 9.98 Å². The summed E-state index contributed by atoms with van der Waals surface area (Å²) >= 11 is 0. The van der Waals surface area contributed by atoms with E-state index in [4.69, 9.17) is 14.5 Å². The van der Waals surface area contributed by atoms with Gasteiger partial charge in [0.05, 0.1) is 19.3 Å². The predicted molar refractivity (Wildman–Crippen MR) is 148 cm³/mol. The Labute approximate surface area is 220 Å². The molecule has 3 rings (SSSR count). The molecule has 0 bridgehead atoms. The lowest BCUT2D eigenvalue weighted by Crippen LogP contribution is -2.38. The van der Waals surface area contributed by atoms with Crippen molar-refractivity contribution in [1.29, 1.82) is 0 Å². The van der Waals surface area contributed by atoms with Crippen molar-refractivity contribution >= 4 is 29.9 Å². The van der Waals surface area contributed by atoms with Crippen LogP contribution < -0.4 is 20.1 Å². The summed E-state index contributed by atoms with van der Waals surface area (Å²) in [6.07, 6.45) is 3.82. The smallest absolute Gasteiger partial charge is 0.192 e. The number of guanidine groups is 1. The van der Waals surface area contributed by atoms with Gasteiger partial charge < -0.3 is 24.7 Å². The van der Waals surface area contributed by atoms with Gasteiger partial charge in [0.2, 0.25) is 0 Å². The highest BCUT2D eigenvalue weighted by Crippen LogP contribution is 2.30. The molecule has 0 fully saturated rings. The van der Waals surface area contributed by atoms with Crippen LogP contribution in [0.3, 0.4) is 0 Å². The number of aliphatic imine (C=N–C) groups is 1. The summed E-state index contributed by atoms with van der Waals surface area (Å²) in [6, 6.07) is 16.5. The second-order valence-electron chi connectivity index (χ2n) is 7.59. The van der Waals surface area contributed by atoms with Crippen molar-refractivity contribution in [2.24, 2.45) is 4.99 Å². The Bertz CT molecular complexity index is 1020. The lowest BCUT2D eigenvalue weighted by atomic mass is 10.1. The van der Waals surface area contributed by atoms with E-state index in [-0.39, 0.29) is 30.0 Å². The molecule has 8 heteroatoms. The number of benzene rings is 2. The van der Waals surface area contributed by atoms with Crippen LogP contribution in [0, 0.1) is 0 Å². The predicted octanol–water partition coefficient (Wildman–Crippen LogP) is 5.16. The lowest BCUT2D eigenvalue weighted by Gasteiger charge is -2.20. The lowest BCUT2D eigenvalue weighted by molar-refractivity contribution is 0.287. The minimum Gasteiger partial charge on any atom is -0.490 e. The molecule has 184 valence electrons. The third kappa shape index (κ3) is 7.93. The first kappa shape index (κ1) is 27.5. The summed E-state index contributed by atoms with van der Waals surface area (Å²) in [5, 5.41) is 6.82. The highest BCUT2D eigenvalue weighted by molar-refractivity contribution is 14.0. The van der Waals surface area contributed by atoms with E-state index >= 15 is 0 Å². The number of nitrogens with one attached hydrogen (secondary N) is 2. The van der Waals surface area contributed by atoms with Gasteiger partial charge in [-0.15, -0.1) is 24.0 Å². The first-order chi connectivity index (χ1) is 16.1. The summed E-state index contributed by atoms with van der Waals surface area (Å²) in [5.74, 6) is 3.19. The van der Waals surface area contributed by atoms with Crippen LogP contribution >= 0.6 is 24.0 Å². The summed E-state index contributed by atoms with van der Waals surface area (Å²) < 4.78 is 13.6. The fraction of sp³-hybridized carbons (Fsp3) is 0.385. The third-order valence-corrected chi connectivity index (χ3v) is 5.14. The highest BCUT2D eigenvalue weighted by Gasteiger charge is 2.13. The van der Waals surface area contributed by atoms with E-state index in [1.54, 1.807) is 0 Å². The van der Waals surface area contributed by atoms with Crippen LogP contribution in [0.15, 0.2) is 65.9 Å². The standard InChI is InChI=1S/C26H35N5O2.HI/c1-5-27-26(29-18-25-28-15-16-31(25)19-21-11-9-8-10-12-21)30-20(4)22-13-14-23(32-6-2)24(17-22)33-7-3;/h8-17,20H,5-7,18-19H2,1-4H3,(H2,27,29,30);1H. The third-order valence-electron chi connectivity index (χ3n) is 5.14. The molecule has 1 atom stereocenters. The zero-order valence-corrected chi connectivity index (χ0v) is 22.8. The maximum absolute atomic E-state index is 5.78. The fourth-order valence-corrected chi connectivity index (χ4v) is 3.51. The summed E-state index contributed by atoms with van der Waals surface area (Å²) in [7, 11) is 0. The average molecular weight is 578 g/mol. The number of ether oxygens (including phenoxy) is 2. The Kier molecular flexibility index (Phi) is 11.7. The maximum atomic E-state index is 5.78. The highest BCUT2D eigenvalue weighted by atomic mass is 127. The molecule has 1 unspecified atom stereocenters. The van der Waals surface area contributed by atoms with E-state index in [1.807, 2.05) is 44.4 Å². The van der Waals surface area contributed by atoms with E-state index in [9.17, 15) is 0 Å².